The number of rotatable bonds is 2. The van der Waals surface area contributed by atoms with Gasteiger partial charge in [0.1, 0.15) is 11.5 Å². The summed E-state index contributed by atoms with van der Waals surface area (Å²) < 4.78 is 0. The first-order chi connectivity index (χ1) is 9.22. The molecule has 0 aliphatic heterocycles. The maximum Gasteiger partial charge on any atom is 0.127 e. The van der Waals surface area contributed by atoms with Crippen molar-refractivity contribution < 1.29 is 10.2 Å². The van der Waals surface area contributed by atoms with Gasteiger partial charge < -0.3 is 10.2 Å². The van der Waals surface area contributed by atoms with Crippen molar-refractivity contribution in [2.45, 2.75) is 19.8 Å². The van der Waals surface area contributed by atoms with Crippen LogP contribution in [0.15, 0.2) is 35.2 Å². The minimum absolute atomic E-state index is 0.320. The zero-order valence-corrected chi connectivity index (χ0v) is 11.6. The first-order valence-corrected chi connectivity index (χ1v) is 7.47. The van der Waals surface area contributed by atoms with Gasteiger partial charge in [-0.25, -0.2) is 0 Å². The molecular formula is C16H16O2S. The molecule has 0 heterocycles. The highest BCUT2D eigenvalue weighted by Crippen LogP contribution is 2.43. The van der Waals surface area contributed by atoms with Crippen molar-refractivity contribution in [2.24, 2.45) is 0 Å². The average molecular weight is 272 g/mol. The second-order valence-electron chi connectivity index (χ2n) is 4.68. The summed E-state index contributed by atoms with van der Waals surface area (Å²) in [5.41, 5.74) is 1.76. The van der Waals surface area contributed by atoms with E-state index in [9.17, 15) is 10.2 Å². The molecule has 2 nitrogen and oxygen atoms in total. The van der Waals surface area contributed by atoms with Crippen LogP contribution in [0, 0.1) is 0 Å². The van der Waals surface area contributed by atoms with Crippen LogP contribution in [-0.4, -0.2) is 16.0 Å². The number of hydrogen-bond acceptors (Lipinski definition) is 3. The standard InChI is InChI=1S/C16H16O2S/c1-2-19-10-7-8-13-14(9-10)16(18)12-6-4-3-5-11(12)15(13)17/h3-7,17-18H,2,8-9H2,1H3. The van der Waals surface area contributed by atoms with Gasteiger partial charge in [0.25, 0.3) is 0 Å². The topological polar surface area (TPSA) is 40.5 Å². The molecule has 0 bridgehead atoms. The molecule has 0 saturated carbocycles. The average Bonchev–Trinajstić information content (AvgIpc) is 2.45. The molecule has 0 spiro atoms. The van der Waals surface area contributed by atoms with Crippen molar-refractivity contribution in [1.82, 2.24) is 0 Å². The van der Waals surface area contributed by atoms with Crippen LogP contribution in [0.2, 0.25) is 0 Å². The number of thioether (sulfide) groups is 1. The van der Waals surface area contributed by atoms with Crippen LogP contribution in [0.4, 0.5) is 0 Å². The largest absolute Gasteiger partial charge is 0.507 e. The second kappa shape index (κ2) is 4.82. The SMILES string of the molecule is CCSC1=CCc2c(c(O)c3ccccc3c2O)C1. The lowest BCUT2D eigenvalue weighted by Crippen LogP contribution is -2.03. The van der Waals surface area contributed by atoms with Crippen molar-refractivity contribution in [3.05, 3.63) is 46.4 Å². The lowest BCUT2D eigenvalue weighted by molar-refractivity contribution is 0.459. The fourth-order valence-electron chi connectivity index (χ4n) is 2.68. The fraction of sp³-hybridized carbons (Fsp3) is 0.250. The van der Waals surface area contributed by atoms with Crippen molar-refractivity contribution in [3.63, 3.8) is 0 Å². The molecule has 98 valence electrons. The van der Waals surface area contributed by atoms with Gasteiger partial charge in [0.05, 0.1) is 0 Å². The van der Waals surface area contributed by atoms with Gasteiger partial charge >= 0.3 is 0 Å². The molecule has 0 saturated heterocycles. The van der Waals surface area contributed by atoms with Crippen LogP contribution < -0.4 is 0 Å². The van der Waals surface area contributed by atoms with Gasteiger partial charge in [-0.1, -0.05) is 37.3 Å². The molecule has 0 aromatic heterocycles. The quantitative estimate of drug-likeness (QED) is 0.812. The van der Waals surface area contributed by atoms with E-state index in [1.807, 2.05) is 24.3 Å². The summed E-state index contributed by atoms with van der Waals surface area (Å²) in [5, 5.41) is 22.3. The molecule has 1 aliphatic carbocycles. The monoisotopic (exact) mass is 272 g/mol. The van der Waals surface area contributed by atoms with Gasteiger partial charge in [-0.3, -0.25) is 0 Å². The Morgan fingerprint density at radius 3 is 2.32 bits per heavy atom. The molecule has 2 aromatic carbocycles. The van der Waals surface area contributed by atoms with Crippen LogP contribution in [0.25, 0.3) is 10.8 Å². The zero-order chi connectivity index (χ0) is 13.4. The zero-order valence-electron chi connectivity index (χ0n) is 10.8. The third-order valence-electron chi connectivity index (χ3n) is 3.59. The van der Waals surface area contributed by atoms with Crippen molar-refractivity contribution in [1.29, 1.82) is 0 Å². The summed E-state index contributed by atoms with van der Waals surface area (Å²) in [6.45, 7) is 2.12. The van der Waals surface area contributed by atoms with Gasteiger partial charge in [0, 0.05) is 28.3 Å². The molecule has 0 atom stereocenters. The summed E-state index contributed by atoms with van der Waals surface area (Å²) in [7, 11) is 0. The van der Waals surface area contributed by atoms with E-state index in [2.05, 4.69) is 13.0 Å². The van der Waals surface area contributed by atoms with Crippen LogP contribution in [0.1, 0.15) is 18.1 Å². The molecule has 0 fully saturated rings. The summed E-state index contributed by atoms with van der Waals surface area (Å²) in [5.74, 6) is 1.67. The van der Waals surface area contributed by atoms with Crippen LogP contribution in [0.3, 0.4) is 0 Å². The van der Waals surface area contributed by atoms with Crippen molar-refractivity contribution in [2.75, 3.05) is 5.75 Å². The predicted molar refractivity (Wildman–Crippen MR) is 80.9 cm³/mol. The van der Waals surface area contributed by atoms with E-state index in [1.165, 1.54) is 4.91 Å². The number of hydrogen-bond donors (Lipinski definition) is 2. The van der Waals surface area contributed by atoms with E-state index in [0.29, 0.717) is 17.9 Å². The van der Waals surface area contributed by atoms with Gasteiger partial charge in [0.2, 0.25) is 0 Å². The molecule has 19 heavy (non-hydrogen) atoms. The summed E-state index contributed by atoms with van der Waals surface area (Å²) in [4.78, 5) is 1.28. The van der Waals surface area contributed by atoms with E-state index in [0.717, 1.165) is 34.1 Å². The number of benzene rings is 2. The molecule has 2 aromatic rings. The molecule has 1 aliphatic rings. The van der Waals surface area contributed by atoms with Gasteiger partial charge in [-0.15, -0.1) is 11.8 Å². The second-order valence-corrected chi connectivity index (χ2v) is 6.07. The highest BCUT2D eigenvalue weighted by atomic mass is 32.2. The van der Waals surface area contributed by atoms with Crippen LogP contribution in [0.5, 0.6) is 11.5 Å². The molecule has 0 radical (unpaired) electrons. The van der Waals surface area contributed by atoms with Crippen LogP contribution >= 0.6 is 11.8 Å². The van der Waals surface area contributed by atoms with Crippen molar-refractivity contribution in [3.8, 4) is 11.5 Å². The number of allylic oxidation sites excluding steroid dienone is 2. The molecule has 2 N–H and O–H groups in total. The molecule has 3 rings (SSSR count). The summed E-state index contributed by atoms with van der Waals surface area (Å²) in [6, 6.07) is 7.47. The maximum absolute atomic E-state index is 10.5. The van der Waals surface area contributed by atoms with Crippen molar-refractivity contribution >= 4 is 22.5 Å². The number of aromatic hydroxyl groups is 2. The Kier molecular flexibility index (Phi) is 3.15. The maximum atomic E-state index is 10.5. The third-order valence-corrected chi connectivity index (χ3v) is 4.56. The number of fused-ring (bicyclic) bond motifs is 2. The van der Waals surface area contributed by atoms with E-state index in [1.54, 1.807) is 11.8 Å². The molecule has 0 amide bonds. The number of phenolic OH excluding ortho intramolecular Hbond substituents is 2. The molecule has 0 unspecified atom stereocenters. The predicted octanol–water partition coefficient (Wildman–Crippen LogP) is 3.99. The minimum atomic E-state index is 0.320. The van der Waals surface area contributed by atoms with Crippen LogP contribution in [-0.2, 0) is 12.8 Å². The smallest absolute Gasteiger partial charge is 0.127 e. The van der Waals surface area contributed by atoms with E-state index in [-0.39, 0.29) is 0 Å². The Morgan fingerprint density at radius 2 is 1.68 bits per heavy atom. The summed E-state index contributed by atoms with van der Waals surface area (Å²) >= 11 is 1.80. The lowest BCUT2D eigenvalue weighted by Gasteiger charge is -2.20. The van der Waals surface area contributed by atoms with Gasteiger partial charge in [0.15, 0.2) is 0 Å². The molecule has 3 heteroatoms. The molecular weight excluding hydrogens is 256 g/mol. The van der Waals surface area contributed by atoms with E-state index >= 15 is 0 Å². The summed E-state index contributed by atoms with van der Waals surface area (Å²) in [6.07, 6.45) is 3.57. The first-order valence-electron chi connectivity index (χ1n) is 6.48. The Bertz CT molecular complexity index is 674. The Balaban J connectivity index is 2.20. The highest BCUT2D eigenvalue weighted by molar-refractivity contribution is 8.03. The normalized spacial score (nSPS) is 14.3. The lowest BCUT2D eigenvalue weighted by atomic mass is 9.91. The minimum Gasteiger partial charge on any atom is -0.507 e. The Hall–Kier alpha value is -1.61. The Morgan fingerprint density at radius 1 is 1.05 bits per heavy atom. The van der Waals surface area contributed by atoms with Gasteiger partial charge in [-0.2, -0.15) is 0 Å². The highest BCUT2D eigenvalue weighted by Gasteiger charge is 2.21. The van der Waals surface area contributed by atoms with E-state index in [4.69, 9.17) is 0 Å². The first kappa shape index (κ1) is 12.4. The van der Waals surface area contributed by atoms with E-state index < -0.39 is 0 Å². The Labute approximate surface area is 116 Å². The fourth-order valence-corrected chi connectivity index (χ4v) is 3.49. The number of phenols is 2. The van der Waals surface area contributed by atoms with Gasteiger partial charge in [-0.05, 0) is 17.1 Å². The third kappa shape index (κ3) is 1.98.